The Labute approximate surface area is 169 Å². The number of aryl methyl sites for hydroxylation is 1. The standard InChI is InChI=1S/C21H25N3O5/c1-27-17-12-19(29-3)18(28-2)11-15(17)21(26)23-22-20(25)13-24-10-6-8-14-7-4-5-9-16(14)24/h4-5,7,9,11-12H,6,8,10,13H2,1-3H3,(H,22,25)(H,23,26). The lowest BCUT2D eigenvalue weighted by Gasteiger charge is -2.30. The molecular formula is C21H25N3O5. The maximum Gasteiger partial charge on any atom is 0.273 e. The van der Waals surface area contributed by atoms with Crippen molar-refractivity contribution < 1.29 is 23.8 Å². The molecule has 2 aromatic rings. The molecule has 8 nitrogen and oxygen atoms in total. The Kier molecular flexibility index (Phi) is 6.43. The van der Waals surface area contributed by atoms with Gasteiger partial charge in [0.25, 0.3) is 11.8 Å². The third-order valence-electron chi connectivity index (χ3n) is 4.81. The number of amides is 2. The zero-order chi connectivity index (χ0) is 20.8. The third kappa shape index (κ3) is 4.53. The van der Waals surface area contributed by atoms with Crippen molar-refractivity contribution >= 4 is 17.5 Å². The molecule has 0 fully saturated rings. The van der Waals surface area contributed by atoms with Crippen molar-refractivity contribution in [2.24, 2.45) is 0 Å². The molecule has 8 heteroatoms. The number of anilines is 1. The van der Waals surface area contributed by atoms with Crippen molar-refractivity contribution in [2.75, 3.05) is 39.3 Å². The quantitative estimate of drug-likeness (QED) is 0.722. The summed E-state index contributed by atoms with van der Waals surface area (Å²) in [6.45, 7) is 0.947. The maximum absolute atomic E-state index is 12.6. The highest BCUT2D eigenvalue weighted by Crippen LogP contribution is 2.34. The van der Waals surface area contributed by atoms with E-state index < -0.39 is 5.91 Å². The maximum atomic E-state index is 12.6. The lowest BCUT2D eigenvalue weighted by Crippen LogP contribution is -2.47. The molecule has 0 bridgehead atoms. The Morgan fingerprint density at radius 3 is 2.38 bits per heavy atom. The van der Waals surface area contributed by atoms with E-state index in [-0.39, 0.29) is 18.0 Å². The van der Waals surface area contributed by atoms with E-state index in [0.717, 1.165) is 25.1 Å². The molecule has 2 amide bonds. The normalized spacial score (nSPS) is 12.6. The van der Waals surface area contributed by atoms with Gasteiger partial charge >= 0.3 is 0 Å². The monoisotopic (exact) mass is 399 g/mol. The summed E-state index contributed by atoms with van der Waals surface area (Å²) in [6, 6.07) is 11.1. The van der Waals surface area contributed by atoms with Crippen molar-refractivity contribution in [3.63, 3.8) is 0 Å². The number of hydrazine groups is 1. The van der Waals surface area contributed by atoms with Crippen LogP contribution in [0, 0.1) is 0 Å². The average molecular weight is 399 g/mol. The van der Waals surface area contributed by atoms with Gasteiger partial charge in [-0.15, -0.1) is 0 Å². The number of hydrogen-bond donors (Lipinski definition) is 2. The number of hydrogen-bond acceptors (Lipinski definition) is 6. The van der Waals surface area contributed by atoms with Crippen LogP contribution in [0.1, 0.15) is 22.3 Å². The smallest absolute Gasteiger partial charge is 0.273 e. The number of nitrogens with one attached hydrogen (secondary N) is 2. The Balaban J connectivity index is 1.65. The van der Waals surface area contributed by atoms with E-state index in [2.05, 4.69) is 16.9 Å². The number of ether oxygens (including phenoxy) is 3. The summed E-state index contributed by atoms with van der Waals surface area (Å²) in [7, 11) is 4.42. The van der Waals surface area contributed by atoms with Crippen molar-refractivity contribution in [1.82, 2.24) is 10.9 Å². The van der Waals surface area contributed by atoms with Crippen LogP contribution in [-0.4, -0.2) is 46.2 Å². The van der Waals surface area contributed by atoms with E-state index in [1.807, 2.05) is 23.1 Å². The molecule has 2 N–H and O–H groups in total. The van der Waals surface area contributed by atoms with Gasteiger partial charge in [-0.3, -0.25) is 20.4 Å². The number of carbonyl (C=O) groups excluding carboxylic acids is 2. The van der Waals surface area contributed by atoms with Gasteiger partial charge in [0.05, 0.1) is 33.4 Å². The van der Waals surface area contributed by atoms with E-state index in [1.165, 1.54) is 33.0 Å². The number of methoxy groups -OCH3 is 3. The van der Waals surface area contributed by atoms with Crippen LogP contribution in [0.15, 0.2) is 36.4 Å². The van der Waals surface area contributed by atoms with Crippen molar-refractivity contribution in [3.05, 3.63) is 47.5 Å². The van der Waals surface area contributed by atoms with Crippen LogP contribution < -0.4 is 30.0 Å². The molecule has 2 aromatic carbocycles. The van der Waals surface area contributed by atoms with Gasteiger partial charge in [0.1, 0.15) is 5.75 Å². The first-order chi connectivity index (χ1) is 14.1. The first-order valence-electron chi connectivity index (χ1n) is 9.29. The van der Waals surface area contributed by atoms with Crippen LogP contribution >= 0.6 is 0 Å². The van der Waals surface area contributed by atoms with Gasteiger partial charge in [0.2, 0.25) is 0 Å². The summed E-state index contributed by atoms with van der Waals surface area (Å²) < 4.78 is 15.7. The van der Waals surface area contributed by atoms with E-state index in [0.29, 0.717) is 17.2 Å². The van der Waals surface area contributed by atoms with Crippen molar-refractivity contribution in [1.29, 1.82) is 0 Å². The van der Waals surface area contributed by atoms with Crippen LogP contribution in [0.4, 0.5) is 5.69 Å². The molecule has 0 spiro atoms. The highest BCUT2D eigenvalue weighted by atomic mass is 16.5. The van der Waals surface area contributed by atoms with Gasteiger partial charge in [-0.05, 0) is 24.5 Å². The van der Waals surface area contributed by atoms with Crippen molar-refractivity contribution in [2.45, 2.75) is 12.8 Å². The Morgan fingerprint density at radius 2 is 1.66 bits per heavy atom. The van der Waals surface area contributed by atoms with Crippen LogP contribution in [0.3, 0.4) is 0 Å². The summed E-state index contributed by atoms with van der Waals surface area (Å²) in [5, 5.41) is 0. The second-order valence-corrected chi connectivity index (χ2v) is 6.56. The molecule has 154 valence electrons. The Bertz CT molecular complexity index is 900. The number of benzene rings is 2. The molecule has 1 heterocycles. The zero-order valence-electron chi connectivity index (χ0n) is 16.8. The lowest BCUT2D eigenvalue weighted by atomic mass is 10.0. The van der Waals surface area contributed by atoms with Gasteiger partial charge in [-0.2, -0.15) is 0 Å². The lowest BCUT2D eigenvalue weighted by molar-refractivity contribution is -0.120. The second kappa shape index (κ2) is 9.18. The van der Waals surface area contributed by atoms with E-state index in [1.54, 1.807) is 6.07 Å². The molecule has 0 aliphatic carbocycles. The van der Waals surface area contributed by atoms with Gasteiger partial charge in [0, 0.05) is 24.4 Å². The summed E-state index contributed by atoms with van der Waals surface area (Å²) in [5.74, 6) is 0.299. The minimum atomic E-state index is -0.518. The number of rotatable bonds is 6. The van der Waals surface area contributed by atoms with E-state index in [4.69, 9.17) is 14.2 Å². The van der Waals surface area contributed by atoms with Gasteiger partial charge < -0.3 is 19.1 Å². The minimum Gasteiger partial charge on any atom is -0.496 e. The molecule has 1 aliphatic heterocycles. The molecular weight excluding hydrogens is 374 g/mol. The highest BCUT2D eigenvalue weighted by Gasteiger charge is 2.21. The van der Waals surface area contributed by atoms with Gasteiger partial charge in [0.15, 0.2) is 11.5 Å². The zero-order valence-corrected chi connectivity index (χ0v) is 16.8. The molecule has 0 unspecified atom stereocenters. The molecule has 29 heavy (non-hydrogen) atoms. The Hall–Kier alpha value is -3.42. The fourth-order valence-corrected chi connectivity index (χ4v) is 3.39. The minimum absolute atomic E-state index is 0.153. The predicted molar refractivity (Wildman–Crippen MR) is 109 cm³/mol. The second-order valence-electron chi connectivity index (χ2n) is 6.56. The van der Waals surface area contributed by atoms with Gasteiger partial charge in [-0.1, -0.05) is 18.2 Å². The first kappa shape index (κ1) is 20.3. The predicted octanol–water partition coefficient (Wildman–Crippen LogP) is 1.93. The number of carbonyl (C=O) groups is 2. The molecule has 3 rings (SSSR count). The van der Waals surface area contributed by atoms with Crippen LogP contribution in [0.5, 0.6) is 17.2 Å². The number of nitrogens with zero attached hydrogens (tertiary/aromatic N) is 1. The average Bonchev–Trinajstić information content (AvgIpc) is 2.76. The summed E-state index contributed by atoms with van der Waals surface area (Å²) in [5.41, 5.74) is 7.40. The number of para-hydroxylation sites is 1. The third-order valence-corrected chi connectivity index (χ3v) is 4.81. The van der Waals surface area contributed by atoms with E-state index >= 15 is 0 Å². The molecule has 1 aliphatic rings. The molecule has 0 radical (unpaired) electrons. The summed E-state index contributed by atoms with van der Waals surface area (Å²) in [6.07, 6.45) is 1.99. The molecule has 0 saturated carbocycles. The van der Waals surface area contributed by atoms with Gasteiger partial charge in [-0.25, -0.2) is 0 Å². The summed E-state index contributed by atoms with van der Waals surface area (Å²) in [4.78, 5) is 27.0. The highest BCUT2D eigenvalue weighted by molar-refractivity contribution is 5.99. The van der Waals surface area contributed by atoms with Crippen LogP contribution in [0.25, 0.3) is 0 Å². The first-order valence-corrected chi connectivity index (χ1v) is 9.29. The fourth-order valence-electron chi connectivity index (χ4n) is 3.39. The molecule has 0 atom stereocenters. The molecule has 0 saturated heterocycles. The van der Waals surface area contributed by atoms with E-state index in [9.17, 15) is 9.59 Å². The largest absolute Gasteiger partial charge is 0.496 e. The summed E-state index contributed by atoms with van der Waals surface area (Å²) >= 11 is 0. The van der Waals surface area contributed by atoms with Crippen LogP contribution in [-0.2, 0) is 11.2 Å². The SMILES string of the molecule is COc1cc(OC)c(C(=O)NNC(=O)CN2CCCc3ccccc32)cc1OC. The molecule has 0 aromatic heterocycles. The topological polar surface area (TPSA) is 89.1 Å². The Morgan fingerprint density at radius 1 is 0.966 bits per heavy atom. The number of fused-ring (bicyclic) bond motifs is 1. The fraction of sp³-hybridized carbons (Fsp3) is 0.333. The van der Waals surface area contributed by atoms with Crippen molar-refractivity contribution in [3.8, 4) is 17.2 Å². The van der Waals surface area contributed by atoms with Crippen LogP contribution in [0.2, 0.25) is 0 Å².